The van der Waals surface area contributed by atoms with Crippen molar-refractivity contribution in [3.8, 4) is 0 Å². The van der Waals surface area contributed by atoms with E-state index in [1.807, 2.05) is 68.5 Å². The van der Waals surface area contributed by atoms with E-state index in [0.29, 0.717) is 17.3 Å². The van der Waals surface area contributed by atoms with Gasteiger partial charge in [-0.2, -0.15) is 0 Å². The second-order valence-electron chi connectivity index (χ2n) is 6.34. The van der Waals surface area contributed by atoms with Crippen molar-refractivity contribution in [2.24, 2.45) is 5.92 Å². The van der Waals surface area contributed by atoms with E-state index in [0.717, 1.165) is 29.9 Å². The fourth-order valence-electron chi connectivity index (χ4n) is 3.13. The zero-order chi connectivity index (χ0) is 18.0. The number of hydrogen-bond donors (Lipinski definition) is 1. The summed E-state index contributed by atoms with van der Waals surface area (Å²) in [7, 11) is 0. The Morgan fingerprint density at radius 3 is 2.48 bits per heavy atom. The molecule has 130 valence electrons. The third kappa shape index (κ3) is 3.27. The maximum atomic E-state index is 13.0. The number of carbonyl (C=O) groups is 1. The van der Waals surface area contributed by atoms with Crippen molar-refractivity contribution >= 4 is 23.1 Å². The van der Waals surface area contributed by atoms with Crippen LogP contribution in [0.15, 0.2) is 36.4 Å². The number of ketones is 1. The van der Waals surface area contributed by atoms with Crippen LogP contribution in [0, 0.1) is 19.8 Å². The van der Waals surface area contributed by atoms with E-state index in [1.165, 1.54) is 0 Å². The third-order valence-electron chi connectivity index (χ3n) is 4.56. The van der Waals surface area contributed by atoms with Gasteiger partial charge in [-0.15, -0.1) is 0 Å². The Balaban J connectivity index is 2.16. The van der Waals surface area contributed by atoms with Gasteiger partial charge in [0.05, 0.1) is 0 Å². The molecule has 0 unspecified atom stereocenters. The van der Waals surface area contributed by atoms with Crippen molar-refractivity contribution in [2.75, 3.05) is 5.32 Å². The highest BCUT2D eigenvalue weighted by Crippen LogP contribution is 2.27. The summed E-state index contributed by atoms with van der Waals surface area (Å²) in [6.45, 7) is 8.04. The molecule has 0 aliphatic heterocycles. The van der Waals surface area contributed by atoms with Crippen LogP contribution in [0.5, 0.6) is 0 Å². The number of aryl methyl sites for hydroxylation is 2. The number of pyridine rings is 2. The summed E-state index contributed by atoms with van der Waals surface area (Å²) in [5.41, 5.74) is 3.20. The Bertz CT molecular complexity index is 909. The van der Waals surface area contributed by atoms with Crippen molar-refractivity contribution < 1.29 is 4.79 Å². The van der Waals surface area contributed by atoms with E-state index in [9.17, 15) is 4.79 Å². The maximum Gasteiger partial charge on any atom is 0.188 e. The summed E-state index contributed by atoms with van der Waals surface area (Å²) >= 11 is 0. The summed E-state index contributed by atoms with van der Waals surface area (Å²) in [6, 6.07) is 11.7. The first kappa shape index (κ1) is 17.1. The highest BCUT2D eigenvalue weighted by atomic mass is 16.1. The number of nitrogens with zero attached hydrogens (tertiary/aromatic N) is 3. The quantitative estimate of drug-likeness (QED) is 0.662. The van der Waals surface area contributed by atoms with E-state index in [4.69, 9.17) is 0 Å². The van der Waals surface area contributed by atoms with Gasteiger partial charge in [-0.1, -0.05) is 26.0 Å². The van der Waals surface area contributed by atoms with Crippen LogP contribution in [0.2, 0.25) is 0 Å². The molecule has 0 atom stereocenters. The molecule has 0 aliphatic carbocycles. The molecule has 0 spiro atoms. The Morgan fingerprint density at radius 2 is 1.80 bits per heavy atom. The minimum atomic E-state index is -0.0174. The van der Waals surface area contributed by atoms with Gasteiger partial charge in [0.2, 0.25) is 0 Å². The molecule has 5 nitrogen and oxygen atoms in total. The van der Waals surface area contributed by atoms with Gasteiger partial charge in [-0.3, -0.25) is 9.20 Å². The number of fused-ring (bicyclic) bond motifs is 1. The standard InChI is InChI=1S/C20H24N4O/c1-5-15(6-2)19(25)18-20(22-16-11-7-9-13(3)21-16)24-14(4)10-8-12-17(24)23-18/h7-12,15H,5-6H2,1-4H3,(H,21,22). The number of imidazole rings is 1. The van der Waals surface area contributed by atoms with Crippen molar-refractivity contribution in [3.05, 3.63) is 53.5 Å². The summed E-state index contributed by atoms with van der Waals surface area (Å²) in [5.74, 6) is 1.48. The summed E-state index contributed by atoms with van der Waals surface area (Å²) < 4.78 is 1.99. The molecule has 0 saturated heterocycles. The van der Waals surface area contributed by atoms with Gasteiger partial charge >= 0.3 is 0 Å². The van der Waals surface area contributed by atoms with E-state index in [-0.39, 0.29) is 11.7 Å². The Morgan fingerprint density at radius 1 is 1.08 bits per heavy atom. The summed E-state index contributed by atoms with van der Waals surface area (Å²) in [4.78, 5) is 22.2. The van der Waals surface area contributed by atoms with Crippen molar-refractivity contribution in [2.45, 2.75) is 40.5 Å². The fraction of sp³-hybridized carbons (Fsp3) is 0.350. The fourth-order valence-corrected chi connectivity index (χ4v) is 3.13. The topological polar surface area (TPSA) is 59.3 Å². The van der Waals surface area contributed by atoms with Gasteiger partial charge in [0.1, 0.15) is 23.0 Å². The van der Waals surface area contributed by atoms with Crippen LogP contribution in [0.25, 0.3) is 5.65 Å². The Kier molecular flexibility index (Phi) is 4.83. The highest BCUT2D eigenvalue weighted by molar-refractivity contribution is 6.01. The van der Waals surface area contributed by atoms with Gasteiger partial charge in [-0.05, 0) is 51.0 Å². The summed E-state index contributed by atoms with van der Waals surface area (Å²) in [6.07, 6.45) is 1.62. The first-order valence-corrected chi connectivity index (χ1v) is 8.78. The molecule has 3 heterocycles. The normalized spacial score (nSPS) is 11.2. The van der Waals surface area contributed by atoms with E-state index in [2.05, 4.69) is 15.3 Å². The molecule has 0 saturated carbocycles. The average molecular weight is 336 g/mol. The molecule has 0 radical (unpaired) electrons. The van der Waals surface area contributed by atoms with Gasteiger partial charge in [0.15, 0.2) is 5.78 Å². The second kappa shape index (κ2) is 7.05. The summed E-state index contributed by atoms with van der Waals surface area (Å²) in [5, 5.41) is 3.33. The molecule has 0 fully saturated rings. The molecule has 3 rings (SSSR count). The molecule has 1 N–H and O–H groups in total. The largest absolute Gasteiger partial charge is 0.324 e. The van der Waals surface area contributed by atoms with Crippen LogP contribution in [-0.4, -0.2) is 20.2 Å². The number of aromatic nitrogens is 3. The first-order valence-electron chi connectivity index (χ1n) is 8.78. The molecule has 3 aromatic heterocycles. The van der Waals surface area contributed by atoms with Crippen LogP contribution < -0.4 is 5.32 Å². The molecule has 0 amide bonds. The van der Waals surface area contributed by atoms with Crippen LogP contribution in [-0.2, 0) is 0 Å². The van der Waals surface area contributed by atoms with Gasteiger partial charge < -0.3 is 5.32 Å². The number of carbonyl (C=O) groups excluding carboxylic acids is 1. The maximum absolute atomic E-state index is 13.0. The lowest BCUT2D eigenvalue weighted by Gasteiger charge is -2.13. The highest BCUT2D eigenvalue weighted by Gasteiger charge is 2.25. The number of nitrogens with one attached hydrogen (secondary N) is 1. The molecule has 25 heavy (non-hydrogen) atoms. The van der Waals surface area contributed by atoms with Crippen molar-refractivity contribution in [1.82, 2.24) is 14.4 Å². The molecular weight excluding hydrogens is 312 g/mol. The molecule has 0 bridgehead atoms. The van der Waals surface area contributed by atoms with Gasteiger partial charge in [0.25, 0.3) is 0 Å². The van der Waals surface area contributed by atoms with Crippen LogP contribution in [0.4, 0.5) is 11.6 Å². The lowest BCUT2D eigenvalue weighted by Crippen LogP contribution is -2.15. The van der Waals surface area contributed by atoms with Crippen LogP contribution in [0.3, 0.4) is 0 Å². The molecule has 0 aliphatic rings. The monoisotopic (exact) mass is 336 g/mol. The van der Waals surface area contributed by atoms with Crippen molar-refractivity contribution in [1.29, 1.82) is 0 Å². The molecule has 0 aromatic carbocycles. The van der Waals surface area contributed by atoms with Gasteiger partial charge in [0, 0.05) is 17.3 Å². The average Bonchev–Trinajstić information content (AvgIpc) is 2.96. The van der Waals surface area contributed by atoms with E-state index in [1.54, 1.807) is 0 Å². The Hall–Kier alpha value is -2.69. The number of Topliss-reactive ketones (excluding diaryl/α,β-unsaturated/α-hetero) is 1. The minimum Gasteiger partial charge on any atom is -0.324 e. The number of anilines is 2. The smallest absolute Gasteiger partial charge is 0.188 e. The molecule has 3 aromatic rings. The number of rotatable bonds is 6. The zero-order valence-electron chi connectivity index (χ0n) is 15.2. The molecule has 5 heteroatoms. The minimum absolute atomic E-state index is 0.0174. The zero-order valence-corrected chi connectivity index (χ0v) is 15.2. The lowest BCUT2D eigenvalue weighted by molar-refractivity contribution is 0.0910. The molecular formula is C20H24N4O. The van der Waals surface area contributed by atoms with E-state index < -0.39 is 0 Å². The SMILES string of the molecule is CCC(CC)C(=O)c1nc2cccc(C)n2c1Nc1cccc(C)n1. The van der Waals surface area contributed by atoms with Crippen molar-refractivity contribution in [3.63, 3.8) is 0 Å². The number of hydrogen-bond acceptors (Lipinski definition) is 4. The third-order valence-corrected chi connectivity index (χ3v) is 4.56. The lowest BCUT2D eigenvalue weighted by atomic mass is 9.96. The van der Waals surface area contributed by atoms with E-state index >= 15 is 0 Å². The second-order valence-corrected chi connectivity index (χ2v) is 6.34. The van der Waals surface area contributed by atoms with Crippen LogP contribution in [0.1, 0.15) is 48.6 Å². The predicted molar refractivity (Wildman–Crippen MR) is 101 cm³/mol. The van der Waals surface area contributed by atoms with Gasteiger partial charge in [-0.25, -0.2) is 9.97 Å². The first-order chi connectivity index (χ1) is 12.0. The Labute approximate surface area is 148 Å². The van der Waals surface area contributed by atoms with Crippen LogP contribution >= 0.6 is 0 Å². The predicted octanol–water partition coefficient (Wildman–Crippen LogP) is 4.71.